The van der Waals surface area contributed by atoms with Gasteiger partial charge in [0.25, 0.3) is 0 Å². The fourth-order valence-corrected chi connectivity index (χ4v) is 3.64. The summed E-state index contributed by atoms with van der Waals surface area (Å²) in [6.07, 6.45) is 0. The molecule has 7 heteroatoms. The van der Waals surface area contributed by atoms with Gasteiger partial charge in [0.2, 0.25) is 0 Å². The summed E-state index contributed by atoms with van der Waals surface area (Å²) in [5.41, 5.74) is 1.76. The second-order valence-corrected chi connectivity index (χ2v) is 7.22. The summed E-state index contributed by atoms with van der Waals surface area (Å²) in [5.74, 6) is 1.35. The van der Waals surface area contributed by atoms with E-state index < -0.39 is 0 Å². The predicted molar refractivity (Wildman–Crippen MR) is 115 cm³/mol. The second kappa shape index (κ2) is 9.17. The summed E-state index contributed by atoms with van der Waals surface area (Å²) in [4.78, 5) is 24.4. The Bertz CT molecular complexity index is 980. The minimum Gasteiger partial charge on any atom is -0.457 e. The van der Waals surface area contributed by atoms with Crippen molar-refractivity contribution in [3.8, 4) is 11.5 Å². The van der Waals surface area contributed by atoms with Crippen molar-refractivity contribution in [3.63, 3.8) is 0 Å². The van der Waals surface area contributed by atoms with E-state index in [2.05, 4.69) is 5.32 Å². The zero-order chi connectivity index (χ0) is 20.9. The lowest BCUT2D eigenvalue weighted by Crippen LogP contribution is -2.32. The average molecular weight is 425 g/mol. The van der Waals surface area contributed by atoms with Crippen molar-refractivity contribution in [2.24, 2.45) is 0 Å². The molecule has 0 unspecified atom stereocenters. The summed E-state index contributed by atoms with van der Waals surface area (Å²) in [7, 11) is 1.45. The van der Waals surface area contributed by atoms with Crippen LogP contribution >= 0.6 is 11.6 Å². The van der Waals surface area contributed by atoms with E-state index in [1.807, 2.05) is 54.6 Å². The average Bonchev–Trinajstić information content (AvgIpc) is 3.11. The van der Waals surface area contributed by atoms with Gasteiger partial charge in [-0.1, -0.05) is 41.9 Å². The third-order valence-corrected chi connectivity index (χ3v) is 5.11. The molecule has 0 spiro atoms. The molecule has 154 valence electrons. The molecule has 1 heterocycles. The molecule has 30 heavy (non-hydrogen) atoms. The van der Waals surface area contributed by atoms with Crippen molar-refractivity contribution >= 4 is 23.3 Å². The maximum absolute atomic E-state index is 12.8. The lowest BCUT2D eigenvalue weighted by atomic mass is 9.99. The van der Waals surface area contributed by atoms with Crippen LogP contribution < -0.4 is 15.0 Å². The van der Waals surface area contributed by atoms with Gasteiger partial charge >= 0.3 is 6.03 Å². The van der Waals surface area contributed by atoms with Crippen LogP contribution in [-0.4, -0.2) is 25.8 Å². The molecule has 6 nitrogen and oxygen atoms in total. The van der Waals surface area contributed by atoms with E-state index >= 15 is 0 Å². The molecular weight excluding hydrogens is 404 g/mol. The predicted octanol–water partition coefficient (Wildman–Crippen LogP) is 5.35. The number of rotatable bonds is 7. The van der Waals surface area contributed by atoms with Gasteiger partial charge in [-0.15, -0.1) is 0 Å². The number of urea groups is 1. The Morgan fingerprint density at radius 2 is 1.57 bits per heavy atom. The summed E-state index contributed by atoms with van der Waals surface area (Å²) in [6.45, 7) is 0.232. The molecular formula is C23H21ClN2O4. The molecule has 0 radical (unpaired) electrons. The summed E-state index contributed by atoms with van der Waals surface area (Å²) in [5, 5.41) is 3.63. The molecule has 2 amide bonds. The van der Waals surface area contributed by atoms with Gasteiger partial charge in [-0.25, -0.2) is 14.6 Å². The SMILES string of the molecule is COOC[C@@H]1NC(=O)N(c2ccc(Oc3ccc(Cl)cc3)cc2)[C@H]1c1ccccc1. The molecule has 0 saturated carbocycles. The van der Waals surface area contributed by atoms with Crippen LogP contribution in [-0.2, 0) is 9.78 Å². The van der Waals surface area contributed by atoms with E-state index in [1.54, 1.807) is 29.2 Å². The van der Waals surface area contributed by atoms with Crippen LogP contribution in [0.2, 0.25) is 5.02 Å². The van der Waals surface area contributed by atoms with E-state index in [9.17, 15) is 4.79 Å². The Kier molecular flexibility index (Phi) is 6.18. The van der Waals surface area contributed by atoms with Crippen LogP contribution in [0.5, 0.6) is 11.5 Å². The first-order valence-corrected chi connectivity index (χ1v) is 9.87. The summed E-state index contributed by atoms with van der Waals surface area (Å²) >= 11 is 5.91. The zero-order valence-corrected chi connectivity index (χ0v) is 17.1. The van der Waals surface area contributed by atoms with Gasteiger partial charge in [-0.3, -0.25) is 4.90 Å². The van der Waals surface area contributed by atoms with E-state index in [-0.39, 0.29) is 24.7 Å². The van der Waals surface area contributed by atoms with Gasteiger partial charge in [-0.2, -0.15) is 0 Å². The Morgan fingerprint density at radius 3 is 2.20 bits per heavy atom. The smallest absolute Gasteiger partial charge is 0.322 e. The number of ether oxygens (including phenoxy) is 1. The largest absolute Gasteiger partial charge is 0.457 e. The number of hydrogen-bond donors (Lipinski definition) is 1. The second-order valence-electron chi connectivity index (χ2n) is 6.78. The topological polar surface area (TPSA) is 60.0 Å². The van der Waals surface area contributed by atoms with Gasteiger partial charge in [0.15, 0.2) is 0 Å². The van der Waals surface area contributed by atoms with Crippen LogP contribution in [0.15, 0.2) is 78.9 Å². The van der Waals surface area contributed by atoms with Gasteiger partial charge in [0.05, 0.1) is 19.2 Å². The minimum atomic E-state index is -0.259. The van der Waals surface area contributed by atoms with Crippen molar-refractivity contribution in [3.05, 3.63) is 89.4 Å². The molecule has 4 rings (SSSR count). The number of hydrogen-bond acceptors (Lipinski definition) is 4. The Labute approximate surface area is 179 Å². The van der Waals surface area contributed by atoms with Crippen molar-refractivity contribution in [2.75, 3.05) is 18.6 Å². The highest BCUT2D eigenvalue weighted by Gasteiger charge is 2.41. The molecule has 3 aromatic carbocycles. The Hall–Kier alpha value is -3.06. The van der Waals surface area contributed by atoms with Crippen molar-refractivity contribution in [2.45, 2.75) is 12.1 Å². The molecule has 3 aromatic rings. The lowest BCUT2D eigenvalue weighted by Gasteiger charge is -2.26. The number of nitrogens with zero attached hydrogens (tertiary/aromatic N) is 1. The third kappa shape index (κ3) is 4.41. The molecule has 0 bridgehead atoms. The highest BCUT2D eigenvalue weighted by Crippen LogP contribution is 2.35. The van der Waals surface area contributed by atoms with Gasteiger partial charge in [-0.05, 0) is 54.1 Å². The van der Waals surface area contributed by atoms with Gasteiger partial charge < -0.3 is 10.1 Å². The lowest BCUT2D eigenvalue weighted by molar-refractivity contribution is -0.275. The van der Waals surface area contributed by atoms with Crippen LogP contribution in [0, 0.1) is 0 Å². The molecule has 1 N–H and O–H groups in total. The molecule has 0 aliphatic carbocycles. The number of anilines is 1. The molecule has 1 fully saturated rings. The van der Waals surface area contributed by atoms with Crippen LogP contribution in [0.25, 0.3) is 0 Å². The minimum absolute atomic E-state index is 0.195. The maximum atomic E-state index is 12.8. The fraction of sp³-hybridized carbons (Fsp3) is 0.174. The summed E-state index contributed by atoms with van der Waals surface area (Å²) in [6, 6.07) is 23.7. The number of benzene rings is 3. The summed E-state index contributed by atoms with van der Waals surface area (Å²) < 4.78 is 5.85. The van der Waals surface area contributed by atoms with Crippen molar-refractivity contribution in [1.29, 1.82) is 0 Å². The number of halogens is 1. The van der Waals surface area contributed by atoms with Crippen molar-refractivity contribution < 1.29 is 19.3 Å². The zero-order valence-electron chi connectivity index (χ0n) is 16.3. The van der Waals surface area contributed by atoms with Gasteiger partial charge in [0, 0.05) is 10.7 Å². The monoisotopic (exact) mass is 424 g/mol. The van der Waals surface area contributed by atoms with Gasteiger partial charge in [0.1, 0.15) is 18.1 Å². The first-order chi connectivity index (χ1) is 14.7. The van der Waals surface area contributed by atoms with Crippen molar-refractivity contribution in [1.82, 2.24) is 5.32 Å². The Morgan fingerprint density at radius 1 is 0.933 bits per heavy atom. The first-order valence-electron chi connectivity index (χ1n) is 9.49. The molecule has 2 atom stereocenters. The number of carbonyl (C=O) groups excluding carboxylic acids is 1. The molecule has 1 aliphatic rings. The molecule has 1 aliphatic heterocycles. The fourth-order valence-electron chi connectivity index (χ4n) is 3.51. The number of carbonyl (C=O) groups is 1. The highest BCUT2D eigenvalue weighted by atomic mass is 35.5. The number of nitrogens with one attached hydrogen (secondary N) is 1. The normalized spacial score (nSPS) is 18.3. The van der Waals surface area contributed by atoms with E-state index in [4.69, 9.17) is 26.1 Å². The maximum Gasteiger partial charge on any atom is 0.322 e. The van der Waals surface area contributed by atoms with Crippen LogP contribution in [0.4, 0.5) is 10.5 Å². The third-order valence-electron chi connectivity index (χ3n) is 4.86. The molecule has 1 saturated heterocycles. The number of amides is 2. The quantitative estimate of drug-likeness (QED) is 0.410. The highest BCUT2D eigenvalue weighted by molar-refractivity contribution is 6.30. The first kappa shape index (κ1) is 20.2. The van der Waals surface area contributed by atoms with E-state index in [0.717, 1.165) is 11.3 Å². The van der Waals surface area contributed by atoms with Crippen LogP contribution in [0.3, 0.4) is 0 Å². The standard InChI is InChI=1S/C23H21ClN2O4/c1-28-29-15-21-22(16-5-3-2-4-6-16)26(23(27)25-21)18-9-13-20(14-10-18)30-19-11-7-17(24)8-12-19/h2-14,21-22H,15H2,1H3,(H,25,27)/t21-,22-/m0/s1. The van der Waals surface area contributed by atoms with E-state index in [0.29, 0.717) is 16.5 Å². The molecule has 0 aromatic heterocycles. The van der Waals surface area contributed by atoms with Crippen LogP contribution in [0.1, 0.15) is 11.6 Å². The van der Waals surface area contributed by atoms with E-state index in [1.165, 1.54) is 7.11 Å². The Balaban J connectivity index is 1.58.